The van der Waals surface area contributed by atoms with Gasteiger partial charge in [-0.1, -0.05) is 12.2 Å². The van der Waals surface area contributed by atoms with Gasteiger partial charge < -0.3 is 10.2 Å². The summed E-state index contributed by atoms with van der Waals surface area (Å²) in [5.41, 5.74) is 1.48. The van der Waals surface area contributed by atoms with Gasteiger partial charge in [0.25, 0.3) is 0 Å². The van der Waals surface area contributed by atoms with Crippen LogP contribution in [0.15, 0.2) is 30.4 Å². The lowest BCUT2D eigenvalue weighted by Crippen LogP contribution is -2.19. The Morgan fingerprint density at radius 1 is 1.29 bits per heavy atom. The van der Waals surface area contributed by atoms with E-state index in [0.717, 1.165) is 18.8 Å². The minimum absolute atomic E-state index is 0.166. The van der Waals surface area contributed by atoms with Crippen LogP contribution in [0.2, 0.25) is 0 Å². The Morgan fingerprint density at radius 2 is 2.00 bits per heavy atom. The van der Waals surface area contributed by atoms with Crippen LogP contribution < -0.4 is 10.2 Å². The molecule has 0 atom stereocenters. The fraction of sp³-hybridized carbons (Fsp3) is 0.273. The molecule has 0 spiro atoms. The molecule has 1 aromatic rings. The average Bonchev–Trinajstić information content (AvgIpc) is 2.70. The number of anilines is 2. The topological polar surface area (TPSA) is 15.3 Å². The minimum Gasteiger partial charge on any atom is -0.388 e. The first kappa shape index (κ1) is 9.06. The molecule has 2 rings (SSSR count). The van der Waals surface area contributed by atoms with E-state index in [-0.39, 0.29) is 5.82 Å². The number of hydrogen-bond acceptors (Lipinski definition) is 2. The molecule has 14 heavy (non-hydrogen) atoms. The van der Waals surface area contributed by atoms with Crippen molar-refractivity contribution in [1.29, 1.82) is 0 Å². The summed E-state index contributed by atoms with van der Waals surface area (Å²) in [5, 5.41) is 2.91. The van der Waals surface area contributed by atoms with Gasteiger partial charge in [-0.15, -0.1) is 0 Å². The normalized spacial score (nSPS) is 14.9. The van der Waals surface area contributed by atoms with Gasteiger partial charge in [-0.3, -0.25) is 0 Å². The molecule has 1 heterocycles. The molecule has 0 saturated heterocycles. The second kappa shape index (κ2) is 3.70. The van der Waals surface area contributed by atoms with Crippen molar-refractivity contribution in [3.05, 3.63) is 36.2 Å². The zero-order valence-electron chi connectivity index (χ0n) is 8.13. The van der Waals surface area contributed by atoms with Gasteiger partial charge in [-0.2, -0.15) is 0 Å². The van der Waals surface area contributed by atoms with E-state index >= 15 is 0 Å². The number of benzene rings is 1. The summed E-state index contributed by atoms with van der Waals surface area (Å²) < 4.78 is 13.6. The Bertz CT molecular complexity index is 352. The van der Waals surface area contributed by atoms with Gasteiger partial charge >= 0.3 is 0 Å². The van der Waals surface area contributed by atoms with Gasteiger partial charge in [-0.25, -0.2) is 4.39 Å². The second-order valence-corrected chi connectivity index (χ2v) is 3.29. The summed E-state index contributed by atoms with van der Waals surface area (Å²) >= 11 is 0. The summed E-state index contributed by atoms with van der Waals surface area (Å²) in [4.78, 5) is 1.99. The van der Waals surface area contributed by atoms with E-state index in [1.54, 1.807) is 7.05 Å². The Balaban J connectivity index is 2.26. The molecule has 0 saturated carbocycles. The highest BCUT2D eigenvalue weighted by molar-refractivity contribution is 5.57. The highest BCUT2D eigenvalue weighted by atomic mass is 19.1. The summed E-state index contributed by atoms with van der Waals surface area (Å²) in [6.45, 7) is 1.60. The standard InChI is InChI=1S/C11H13FN2/c1-13-9-4-5-11(10(12)8-9)14-6-2-3-7-14/h2-5,8,13H,6-7H2,1H3. The zero-order chi connectivity index (χ0) is 9.97. The minimum atomic E-state index is -0.166. The first-order chi connectivity index (χ1) is 6.81. The molecule has 1 aromatic carbocycles. The molecule has 0 fully saturated rings. The summed E-state index contributed by atoms with van der Waals surface area (Å²) in [5.74, 6) is -0.166. The lowest BCUT2D eigenvalue weighted by molar-refractivity contribution is 0.624. The Morgan fingerprint density at radius 3 is 2.57 bits per heavy atom. The maximum absolute atomic E-state index is 13.6. The van der Waals surface area contributed by atoms with E-state index in [4.69, 9.17) is 0 Å². The lowest BCUT2D eigenvalue weighted by atomic mass is 10.2. The van der Waals surface area contributed by atoms with Crippen LogP contribution in [-0.4, -0.2) is 20.1 Å². The van der Waals surface area contributed by atoms with Crippen molar-refractivity contribution < 1.29 is 4.39 Å². The number of halogens is 1. The number of nitrogens with one attached hydrogen (secondary N) is 1. The smallest absolute Gasteiger partial charge is 0.148 e. The third-order valence-corrected chi connectivity index (χ3v) is 2.40. The van der Waals surface area contributed by atoms with Crippen molar-refractivity contribution in [2.45, 2.75) is 0 Å². The number of nitrogens with zero attached hydrogens (tertiary/aromatic N) is 1. The zero-order valence-corrected chi connectivity index (χ0v) is 8.13. The van der Waals surface area contributed by atoms with Crippen LogP contribution >= 0.6 is 0 Å². The summed E-state index contributed by atoms with van der Waals surface area (Å²) in [6.07, 6.45) is 4.09. The van der Waals surface area contributed by atoms with Gasteiger partial charge in [-0.05, 0) is 18.2 Å². The van der Waals surface area contributed by atoms with Crippen molar-refractivity contribution in [3.8, 4) is 0 Å². The maximum Gasteiger partial charge on any atom is 0.148 e. The molecule has 2 nitrogen and oxygen atoms in total. The van der Waals surface area contributed by atoms with E-state index in [2.05, 4.69) is 5.32 Å². The molecule has 3 heteroatoms. The molecule has 0 aliphatic carbocycles. The first-order valence-electron chi connectivity index (χ1n) is 4.68. The Kier molecular flexibility index (Phi) is 2.39. The highest BCUT2D eigenvalue weighted by Crippen LogP contribution is 2.23. The van der Waals surface area contributed by atoms with Crippen LogP contribution in [-0.2, 0) is 0 Å². The SMILES string of the molecule is CNc1ccc(N2CC=CC2)c(F)c1. The quantitative estimate of drug-likeness (QED) is 0.723. The van der Waals surface area contributed by atoms with E-state index in [9.17, 15) is 4.39 Å². The second-order valence-electron chi connectivity index (χ2n) is 3.29. The Labute approximate surface area is 83.0 Å². The average molecular weight is 192 g/mol. The highest BCUT2D eigenvalue weighted by Gasteiger charge is 2.12. The molecular weight excluding hydrogens is 179 g/mol. The van der Waals surface area contributed by atoms with Gasteiger partial charge in [0.15, 0.2) is 0 Å². The molecular formula is C11H13FN2. The van der Waals surface area contributed by atoms with Crippen molar-refractivity contribution >= 4 is 11.4 Å². The maximum atomic E-state index is 13.6. The molecule has 0 radical (unpaired) electrons. The predicted molar refractivity (Wildman–Crippen MR) is 57.3 cm³/mol. The van der Waals surface area contributed by atoms with Gasteiger partial charge in [0, 0.05) is 25.8 Å². The van der Waals surface area contributed by atoms with Crippen LogP contribution in [0.4, 0.5) is 15.8 Å². The summed E-state index contributed by atoms with van der Waals surface area (Å²) in [6, 6.07) is 5.22. The molecule has 1 aliphatic heterocycles. The third kappa shape index (κ3) is 1.58. The molecule has 0 unspecified atom stereocenters. The summed E-state index contributed by atoms with van der Waals surface area (Å²) in [7, 11) is 1.78. The first-order valence-corrected chi connectivity index (χ1v) is 4.68. The van der Waals surface area contributed by atoms with E-state index in [1.165, 1.54) is 6.07 Å². The van der Waals surface area contributed by atoms with Crippen molar-refractivity contribution in [2.24, 2.45) is 0 Å². The largest absolute Gasteiger partial charge is 0.388 e. The Hall–Kier alpha value is -1.51. The van der Waals surface area contributed by atoms with Gasteiger partial charge in [0.05, 0.1) is 5.69 Å². The monoisotopic (exact) mass is 192 g/mol. The van der Waals surface area contributed by atoms with Crippen LogP contribution in [0, 0.1) is 5.82 Å². The van der Waals surface area contributed by atoms with Crippen molar-refractivity contribution in [1.82, 2.24) is 0 Å². The van der Waals surface area contributed by atoms with E-state index < -0.39 is 0 Å². The predicted octanol–water partition coefficient (Wildman–Crippen LogP) is 2.24. The van der Waals surface area contributed by atoms with Crippen LogP contribution in [0.3, 0.4) is 0 Å². The molecule has 1 aliphatic rings. The fourth-order valence-corrected chi connectivity index (χ4v) is 1.59. The van der Waals surface area contributed by atoms with E-state index in [0.29, 0.717) is 5.69 Å². The molecule has 0 bridgehead atoms. The molecule has 74 valence electrons. The fourth-order valence-electron chi connectivity index (χ4n) is 1.59. The van der Waals surface area contributed by atoms with Crippen LogP contribution in [0.5, 0.6) is 0 Å². The molecule has 1 N–H and O–H groups in total. The van der Waals surface area contributed by atoms with Gasteiger partial charge in [0.2, 0.25) is 0 Å². The van der Waals surface area contributed by atoms with Crippen LogP contribution in [0.25, 0.3) is 0 Å². The van der Waals surface area contributed by atoms with Crippen molar-refractivity contribution in [3.63, 3.8) is 0 Å². The molecule has 0 aromatic heterocycles. The van der Waals surface area contributed by atoms with Crippen LogP contribution in [0.1, 0.15) is 0 Å². The van der Waals surface area contributed by atoms with Gasteiger partial charge in [0.1, 0.15) is 5.82 Å². The lowest BCUT2D eigenvalue weighted by Gasteiger charge is -2.18. The van der Waals surface area contributed by atoms with E-state index in [1.807, 2.05) is 29.2 Å². The third-order valence-electron chi connectivity index (χ3n) is 2.40. The molecule has 0 amide bonds. The van der Waals surface area contributed by atoms with Crippen molar-refractivity contribution in [2.75, 3.05) is 30.4 Å². The number of hydrogen-bond donors (Lipinski definition) is 1. The number of rotatable bonds is 2.